The zero-order valence-electron chi connectivity index (χ0n) is 9.33. The molecule has 0 saturated heterocycles. The average molecular weight is 217 g/mol. The lowest BCUT2D eigenvalue weighted by Gasteiger charge is -2.02. The van der Waals surface area contributed by atoms with Gasteiger partial charge in [0.25, 0.3) is 0 Å². The minimum Gasteiger partial charge on any atom is -0.369 e. The topological polar surface area (TPSA) is 59.2 Å². The minimum absolute atomic E-state index is 0.575. The molecule has 0 amide bonds. The van der Waals surface area contributed by atoms with Gasteiger partial charge in [0.1, 0.15) is 6.33 Å². The molecule has 0 spiro atoms. The van der Waals surface area contributed by atoms with E-state index in [4.69, 9.17) is 0 Å². The molecule has 83 valence electrons. The molecular formula is C10H13N6. The molecule has 1 radical (unpaired) electrons. The number of imidazole rings is 1. The first-order valence-corrected chi connectivity index (χ1v) is 4.88. The standard InChI is InChI=1S/C10H13N6/c1-4-16-7-13-8-9(14-6-15(2)3)11-5-12-10(8)16/h5-7H,1,4H2,2-3H3. The number of aliphatic imine (C=N–C) groups is 1. The third kappa shape index (κ3) is 1.86. The summed E-state index contributed by atoms with van der Waals surface area (Å²) in [6, 6.07) is 0. The van der Waals surface area contributed by atoms with Crippen molar-refractivity contribution in [3.63, 3.8) is 0 Å². The summed E-state index contributed by atoms with van der Waals surface area (Å²) in [6.45, 7) is 4.39. The van der Waals surface area contributed by atoms with Gasteiger partial charge in [-0.05, 0) is 6.92 Å². The number of aromatic nitrogens is 4. The molecule has 0 aliphatic rings. The Hall–Kier alpha value is -1.98. The Morgan fingerprint density at radius 2 is 2.25 bits per heavy atom. The van der Waals surface area contributed by atoms with E-state index in [1.807, 2.05) is 23.6 Å². The van der Waals surface area contributed by atoms with Gasteiger partial charge in [-0.1, -0.05) is 0 Å². The Kier molecular flexibility index (Phi) is 2.80. The van der Waals surface area contributed by atoms with Gasteiger partial charge in [0, 0.05) is 20.6 Å². The quantitative estimate of drug-likeness (QED) is 0.565. The van der Waals surface area contributed by atoms with Gasteiger partial charge in [-0.25, -0.2) is 19.9 Å². The van der Waals surface area contributed by atoms with E-state index in [2.05, 4.69) is 26.9 Å². The Morgan fingerprint density at radius 1 is 1.44 bits per heavy atom. The van der Waals surface area contributed by atoms with Crippen molar-refractivity contribution >= 4 is 23.3 Å². The van der Waals surface area contributed by atoms with Crippen LogP contribution in [-0.2, 0) is 6.54 Å². The molecule has 0 N–H and O–H groups in total. The van der Waals surface area contributed by atoms with Crippen molar-refractivity contribution in [2.24, 2.45) is 4.99 Å². The van der Waals surface area contributed by atoms with E-state index < -0.39 is 0 Å². The predicted octanol–water partition coefficient (Wildman–Crippen LogP) is 0.882. The smallest absolute Gasteiger partial charge is 0.184 e. The van der Waals surface area contributed by atoms with Crippen LogP contribution in [-0.4, -0.2) is 44.9 Å². The third-order valence-corrected chi connectivity index (χ3v) is 2.03. The molecule has 0 fully saturated rings. The van der Waals surface area contributed by atoms with Gasteiger partial charge < -0.3 is 9.47 Å². The zero-order chi connectivity index (χ0) is 11.5. The van der Waals surface area contributed by atoms with E-state index >= 15 is 0 Å². The van der Waals surface area contributed by atoms with Crippen LogP contribution in [0.15, 0.2) is 17.6 Å². The van der Waals surface area contributed by atoms with Crippen molar-refractivity contribution < 1.29 is 0 Å². The second kappa shape index (κ2) is 4.26. The Labute approximate surface area is 93.7 Å². The number of hydrogen-bond donors (Lipinski definition) is 0. The normalized spacial score (nSPS) is 11.4. The molecule has 2 rings (SSSR count). The predicted molar refractivity (Wildman–Crippen MR) is 62.5 cm³/mol. The molecule has 0 atom stereocenters. The largest absolute Gasteiger partial charge is 0.369 e. The van der Waals surface area contributed by atoms with Crippen LogP contribution in [0.3, 0.4) is 0 Å². The van der Waals surface area contributed by atoms with Gasteiger partial charge in [-0.3, -0.25) is 0 Å². The molecule has 2 heterocycles. The van der Waals surface area contributed by atoms with E-state index in [9.17, 15) is 0 Å². The van der Waals surface area contributed by atoms with Crippen molar-refractivity contribution in [2.45, 2.75) is 6.54 Å². The summed E-state index contributed by atoms with van der Waals surface area (Å²) in [5.41, 5.74) is 1.46. The van der Waals surface area contributed by atoms with Gasteiger partial charge in [0.15, 0.2) is 17.0 Å². The van der Waals surface area contributed by atoms with E-state index in [-0.39, 0.29) is 0 Å². The van der Waals surface area contributed by atoms with Crippen LogP contribution in [0.2, 0.25) is 0 Å². The molecule has 0 unspecified atom stereocenters. The first kappa shape index (κ1) is 10.5. The van der Waals surface area contributed by atoms with Gasteiger partial charge >= 0.3 is 0 Å². The lowest BCUT2D eigenvalue weighted by Crippen LogP contribution is -2.07. The summed E-state index contributed by atoms with van der Waals surface area (Å²) in [7, 11) is 3.80. The second-order valence-electron chi connectivity index (χ2n) is 3.52. The highest BCUT2D eigenvalue weighted by Crippen LogP contribution is 2.19. The molecule has 0 aliphatic heterocycles. The number of rotatable bonds is 3. The Balaban J connectivity index is 2.50. The number of hydrogen-bond acceptors (Lipinski definition) is 4. The number of nitrogens with zero attached hydrogens (tertiary/aromatic N) is 6. The molecule has 2 aromatic heterocycles. The number of fused-ring (bicyclic) bond motifs is 1. The van der Waals surface area contributed by atoms with E-state index in [1.165, 1.54) is 6.33 Å². The maximum Gasteiger partial charge on any atom is 0.184 e. The van der Waals surface area contributed by atoms with Crippen LogP contribution in [0, 0.1) is 6.92 Å². The van der Waals surface area contributed by atoms with Gasteiger partial charge in [-0.15, -0.1) is 0 Å². The van der Waals surface area contributed by atoms with Crippen molar-refractivity contribution in [2.75, 3.05) is 14.1 Å². The van der Waals surface area contributed by atoms with Gasteiger partial charge in [-0.2, -0.15) is 0 Å². The fourth-order valence-electron chi connectivity index (χ4n) is 1.30. The summed E-state index contributed by atoms with van der Waals surface area (Å²) in [5, 5.41) is 0. The molecule has 6 nitrogen and oxygen atoms in total. The SMILES string of the molecule is [CH2]Cn1cnc2c(N=CN(C)C)ncnc21. The molecular weight excluding hydrogens is 204 g/mol. The van der Waals surface area contributed by atoms with Crippen LogP contribution in [0.4, 0.5) is 5.82 Å². The molecule has 0 aliphatic carbocycles. The molecule has 0 saturated carbocycles. The fraction of sp³-hybridized carbons (Fsp3) is 0.300. The van der Waals surface area contributed by atoms with Crippen molar-refractivity contribution in [1.29, 1.82) is 0 Å². The van der Waals surface area contributed by atoms with E-state index in [1.54, 1.807) is 12.7 Å². The summed E-state index contributed by atoms with van der Waals surface area (Å²) in [5.74, 6) is 0.575. The van der Waals surface area contributed by atoms with Gasteiger partial charge in [0.05, 0.1) is 12.7 Å². The second-order valence-corrected chi connectivity index (χ2v) is 3.52. The highest BCUT2D eigenvalue weighted by atomic mass is 15.2. The summed E-state index contributed by atoms with van der Waals surface area (Å²) < 4.78 is 1.85. The minimum atomic E-state index is 0.575. The van der Waals surface area contributed by atoms with Crippen molar-refractivity contribution in [3.8, 4) is 0 Å². The third-order valence-electron chi connectivity index (χ3n) is 2.03. The van der Waals surface area contributed by atoms with E-state index in [0.717, 1.165) is 5.65 Å². The highest BCUT2D eigenvalue weighted by Gasteiger charge is 2.07. The fourth-order valence-corrected chi connectivity index (χ4v) is 1.30. The average Bonchev–Trinajstić information content (AvgIpc) is 2.69. The summed E-state index contributed by atoms with van der Waals surface area (Å²) >= 11 is 0. The molecule has 2 aromatic rings. The maximum atomic E-state index is 4.24. The molecule has 6 heteroatoms. The van der Waals surface area contributed by atoms with Crippen molar-refractivity contribution in [3.05, 3.63) is 19.6 Å². The molecule has 0 bridgehead atoms. The van der Waals surface area contributed by atoms with Crippen LogP contribution < -0.4 is 0 Å². The van der Waals surface area contributed by atoms with Crippen LogP contribution in [0.1, 0.15) is 0 Å². The summed E-state index contributed by atoms with van der Waals surface area (Å²) in [6.07, 6.45) is 4.87. The van der Waals surface area contributed by atoms with E-state index in [0.29, 0.717) is 17.9 Å². The molecule has 16 heavy (non-hydrogen) atoms. The van der Waals surface area contributed by atoms with Gasteiger partial charge in [0.2, 0.25) is 0 Å². The first-order chi connectivity index (χ1) is 7.72. The van der Waals surface area contributed by atoms with Crippen LogP contribution in [0.5, 0.6) is 0 Å². The lowest BCUT2D eigenvalue weighted by atomic mass is 10.5. The lowest BCUT2D eigenvalue weighted by molar-refractivity contribution is 0.643. The van der Waals surface area contributed by atoms with Crippen LogP contribution >= 0.6 is 0 Å². The zero-order valence-corrected chi connectivity index (χ0v) is 9.33. The van der Waals surface area contributed by atoms with Crippen LogP contribution in [0.25, 0.3) is 11.2 Å². The highest BCUT2D eigenvalue weighted by molar-refractivity contribution is 5.82. The Bertz CT molecular complexity index is 513. The first-order valence-electron chi connectivity index (χ1n) is 4.88. The molecule has 0 aromatic carbocycles. The summed E-state index contributed by atoms with van der Waals surface area (Å²) in [4.78, 5) is 18.6. The Morgan fingerprint density at radius 3 is 2.94 bits per heavy atom. The van der Waals surface area contributed by atoms with Crippen molar-refractivity contribution in [1.82, 2.24) is 24.4 Å². The maximum absolute atomic E-state index is 4.24. The monoisotopic (exact) mass is 217 g/mol.